The molecule has 6 heteroatoms. The van der Waals surface area contributed by atoms with Gasteiger partial charge in [0.2, 0.25) is 5.95 Å². The smallest absolute Gasteiger partial charge is 0.258 e. The number of carbonyl (C=O) groups excluding carboxylic acids is 1. The Hall–Kier alpha value is -2.47. The summed E-state index contributed by atoms with van der Waals surface area (Å²) in [5.74, 6) is -0.279. The molecule has 21 heavy (non-hydrogen) atoms. The van der Waals surface area contributed by atoms with Crippen LogP contribution in [0.2, 0.25) is 0 Å². The molecule has 1 aromatic carbocycles. The molecular formula is C15H14N4OS. The normalized spacial score (nSPS) is 11.0. The average molecular weight is 298 g/mol. The molecule has 0 fully saturated rings. The molecule has 5 nitrogen and oxygen atoms in total. The number of hydrogen-bond donors (Lipinski definition) is 2. The maximum Gasteiger partial charge on any atom is 0.258 e. The van der Waals surface area contributed by atoms with Crippen LogP contribution < -0.4 is 11.5 Å². The maximum absolute atomic E-state index is 11.4. The molecule has 0 saturated heterocycles. The van der Waals surface area contributed by atoms with Crippen molar-refractivity contribution in [1.82, 2.24) is 9.97 Å². The third-order valence-electron chi connectivity index (χ3n) is 3.29. The highest BCUT2D eigenvalue weighted by Gasteiger charge is 2.15. The molecule has 3 aromatic rings. The number of nitrogen functional groups attached to an aromatic ring is 1. The van der Waals surface area contributed by atoms with Crippen LogP contribution in [-0.2, 0) is 0 Å². The van der Waals surface area contributed by atoms with E-state index < -0.39 is 5.91 Å². The van der Waals surface area contributed by atoms with E-state index in [0.717, 1.165) is 22.2 Å². The van der Waals surface area contributed by atoms with Gasteiger partial charge in [-0.05, 0) is 25.5 Å². The van der Waals surface area contributed by atoms with E-state index in [2.05, 4.69) is 16.0 Å². The van der Waals surface area contributed by atoms with Gasteiger partial charge in [0.05, 0.1) is 10.6 Å². The molecule has 0 aliphatic heterocycles. The molecular weight excluding hydrogens is 284 g/mol. The Bertz CT molecular complexity index is 869. The van der Waals surface area contributed by atoms with Crippen molar-refractivity contribution < 1.29 is 4.79 Å². The van der Waals surface area contributed by atoms with Gasteiger partial charge in [-0.2, -0.15) is 0 Å². The first-order chi connectivity index (χ1) is 9.95. The van der Waals surface area contributed by atoms with Gasteiger partial charge in [-0.1, -0.05) is 23.8 Å². The number of fused-ring (bicyclic) bond motifs is 1. The lowest BCUT2D eigenvalue weighted by Gasteiger charge is -2.08. The van der Waals surface area contributed by atoms with Crippen molar-refractivity contribution in [3.63, 3.8) is 0 Å². The van der Waals surface area contributed by atoms with E-state index in [1.54, 1.807) is 6.07 Å². The quantitative estimate of drug-likeness (QED) is 0.760. The summed E-state index contributed by atoms with van der Waals surface area (Å²) in [6.45, 7) is 4.06. The zero-order valence-electron chi connectivity index (χ0n) is 11.7. The first kappa shape index (κ1) is 13.5. The lowest BCUT2D eigenvalue weighted by atomic mass is 10.0. The minimum atomic E-state index is -0.469. The molecule has 0 spiro atoms. The number of amides is 1. The second-order valence-corrected chi connectivity index (χ2v) is 5.97. The minimum Gasteiger partial charge on any atom is -0.368 e. The molecule has 0 atom stereocenters. The molecule has 0 saturated carbocycles. The topological polar surface area (TPSA) is 94.9 Å². The summed E-state index contributed by atoms with van der Waals surface area (Å²) >= 11 is 1.23. The summed E-state index contributed by atoms with van der Waals surface area (Å²) in [5.41, 5.74) is 15.1. The van der Waals surface area contributed by atoms with Crippen molar-refractivity contribution in [1.29, 1.82) is 0 Å². The minimum absolute atomic E-state index is 0.190. The van der Waals surface area contributed by atoms with Crippen LogP contribution >= 0.6 is 11.3 Å². The molecule has 0 radical (unpaired) electrons. The van der Waals surface area contributed by atoms with Gasteiger partial charge in [-0.25, -0.2) is 9.97 Å². The Kier molecular flexibility index (Phi) is 3.10. The summed E-state index contributed by atoms with van der Waals surface area (Å²) in [6, 6.07) is 7.85. The molecule has 2 aromatic heterocycles. The Balaban J connectivity index is 2.33. The molecule has 4 N–H and O–H groups in total. The number of hydrogen-bond acceptors (Lipinski definition) is 5. The van der Waals surface area contributed by atoms with Crippen molar-refractivity contribution in [3.8, 4) is 11.3 Å². The van der Waals surface area contributed by atoms with Gasteiger partial charge < -0.3 is 11.5 Å². The fraction of sp³-hybridized carbons (Fsp3) is 0.133. The highest BCUT2D eigenvalue weighted by molar-refractivity contribution is 7.20. The Morgan fingerprint density at radius 2 is 1.95 bits per heavy atom. The zero-order chi connectivity index (χ0) is 15.1. The molecule has 0 bridgehead atoms. The first-order valence-corrected chi connectivity index (χ1v) is 7.22. The van der Waals surface area contributed by atoms with Crippen molar-refractivity contribution >= 4 is 33.4 Å². The van der Waals surface area contributed by atoms with Gasteiger partial charge >= 0.3 is 0 Å². The van der Waals surface area contributed by atoms with Crippen LogP contribution in [-0.4, -0.2) is 15.9 Å². The van der Waals surface area contributed by atoms with Gasteiger partial charge in [0.15, 0.2) is 0 Å². The van der Waals surface area contributed by atoms with Gasteiger partial charge in [-0.3, -0.25) is 4.79 Å². The fourth-order valence-electron chi connectivity index (χ4n) is 2.34. The fourth-order valence-corrected chi connectivity index (χ4v) is 3.23. The number of nitrogens with two attached hydrogens (primary N) is 2. The monoisotopic (exact) mass is 298 g/mol. The number of rotatable bonds is 2. The standard InChI is InChI=1S/C15H14N4OS/c1-7-3-4-9(8(2)5-7)12-10-6-11(13(16)20)21-14(10)19-15(17)18-12/h3-6H,1-2H3,(H2,16,20)(H2,17,18,19). The van der Waals surface area contributed by atoms with E-state index in [1.807, 2.05) is 26.0 Å². The van der Waals surface area contributed by atoms with E-state index in [1.165, 1.54) is 16.9 Å². The predicted molar refractivity (Wildman–Crippen MR) is 85.3 cm³/mol. The van der Waals surface area contributed by atoms with Gasteiger partial charge in [0.25, 0.3) is 5.91 Å². The zero-order valence-corrected chi connectivity index (χ0v) is 12.5. The molecule has 1 amide bonds. The predicted octanol–water partition coefficient (Wildman–Crippen LogP) is 2.66. The van der Waals surface area contributed by atoms with Crippen LogP contribution in [0.3, 0.4) is 0 Å². The third kappa shape index (κ3) is 2.34. The largest absolute Gasteiger partial charge is 0.368 e. The first-order valence-electron chi connectivity index (χ1n) is 6.40. The highest BCUT2D eigenvalue weighted by Crippen LogP contribution is 2.34. The number of thiophene rings is 1. The van der Waals surface area contributed by atoms with Crippen LogP contribution in [0.4, 0.5) is 5.95 Å². The van der Waals surface area contributed by atoms with Gasteiger partial charge in [0, 0.05) is 10.9 Å². The van der Waals surface area contributed by atoms with Crippen molar-refractivity contribution in [2.75, 3.05) is 5.73 Å². The number of aryl methyl sites for hydroxylation is 2. The summed E-state index contributed by atoms with van der Waals surface area (Å²) in [7, 11) is 0. The number of carbonyl (C=O) groups is 1. The van der Waals surface area contributed by atoms with Crippen LogP contribution in [0, 0.1) is 13.8 Å². The van der Waals surface area contributed by atoms with Crippen molar-refractivity contribution in [3.05, 3.63) is 40.3 Å². The van der Waals surface area contributed by atoms with Crippen LogP contribution in [0.5, 0.6) is 0 Å². The Labute approximate surface area is 125 Å². The highest BCUT2D eigenvalue weighted by atomic mass is 32.1. The third-order valence-corrected chi connectivity index (χ3v) is 4.33. The van der Waals surface area contributed by atoms with Crippen LogP contribution in [0.25, 0.3) is 21.5 Å². The number of nitrogens with zero attached hydrogens (tertiary/aromatic N) is 2. The molecule has 106 valence electrons. The summed E-state index contributed by atoms with van der Waals surface area (Å²) in [4.78, 5) is 21.0. The summed E-state index contributed by atoms with van der Waals surface area (Å²) in [6.07, 6.45) is 0. The number of aromatic nitrogens is 2. The molecule has 0 aliphatic carbocycles. The van der Waals surface area contributed by atoms with Crippen LogP contribution in [0.15, 0.2) is 24.3 Å². The Morgan fingerprint density at radius 3 is 2.62 bits per heavy atom. The lowest BCUT2D eigenvalue weighted by Crippen LogP contribution is -2.08. The molecule has 3 rings (SSSR count). The van der Waals surface area contributed by atoms with Gasteiger partial charge in [0.1, 0.15) is 4.83 Å². The van der Waals surface area contributed by atoms with E-state index in [-0.39, 0.29) is 5.95 Å². The lowest BCUT2D eigenvalue weighted by molar-refractivity contribution is 0.100. The van der Waals surface area contributed by atoms with Crippen LogP contribution in [0.1, 0.15) is 20.8 Å². The van der Waals surface area contributed by atoms with Crippen molar-refractivity contribution in [2.45, 2.75) is 13.8 Å². The second kappa shape index (κ2) is 4.82. The second-order valence-electron chi connectivity index (χ2n) is 4.94. The van der Waals surface area contributed by atoms with Crippen molar-refractivity contribution in [2.24, 2.45) is 5.73 Å². The van der Waals surface area contributed by atoms with E-state index in [4.69, 9.17) is 11.5 Å². The summed E-state index contributed by atoms with van der Waals surface area (Å²) < 4.78 is 0. The van der Waals surface area contributed by atoms with E-state index >= 15 is 0 Å². The molecule has 2 heterocycles. The maximum atomic E-state index is 11.4. The van der Waals surface area contributed by atoms with E-state index in [0.29, 0.717) is 9.71 Å². The average Bonchev–Trinajstić information content (AvgIpc) is 2.82. The Morgan fingerprint density at radius 1 is 1.19 bits per heavy atom. The number of anilines is 1. The number of benzene rings is 1. The molecule has 0 unspecified atom stereocenters. The summed E-state index contributed by atoms with van der Waals surface area (Å²) in [5, 5.41) is 0.801. The van der Waals surface area contributed by atoms with E-state index in [9.17, 15) is 4.79 Å². The number of primary amides is 1. The SMILES string of the molecule is Cc1ccc(-c2nc(N)nc3sc(C(N)=O)cc23)c(C)c1. The molecule has 0 aliphatic rings. The van der Waals surface area contributed by atoms with Gasteiger partial charge in [-0.15, -0.1) is 11.3 Å².